The van der Waals surface area contributed by atoms with Gasteiger partial charge in [0.1, 0.15) is 0 Å². The van der Waals surface area contributed by atoms with E-state index in [0.717, 1.165) is 0 Å². The summed E-state index contributed by atoms with van der Waals surface area (Å²) in [5, 5.41) is 0. The van der Waals surface area contributed by atoms with Crippen molar-refractivity contribution in [1.29, 1.82) is 0 Å². The van der Waals surface area contributed by atoms with Crippen molar-refractivity contribution in [2.24, 2.45) is 0 Å². The molecule has 0 aliphatic heterocycles. The molecule has 0 aliphatic rings. The summed E-state index contributed by atoms with van der Waals surface area (Å²) in [6, 6.07) is 0. The van der Waals surface area contributed by atoms with Crippen LogP contribution in [0.25, 0.3) is 0 Å². The van der Waals surface area contributed by atoms with Crippen molar-refractivity contribution >= 4 is 26.2 Å². The maximum atomic E-state index is 6.17. The zero-order valence-electron chi connectivity index (χ0n) is 14.8. The molecule has 0 aromatic heterocycles. The highest BCUT2D eigenvalue weighted by Crippen LogP contribution is 2.24. The predicted octanol–water partition coefficient (Wildman–Crippen LogP) is 3.00. The van der Waals surface area contributed by atoms with Crippen LogP contribution in [0.4, 0.5) is 0 Å². The topological polar surface area (TPSA) is 55.4 Å². The number of rotatable bonds is 12. The molecule has 0 saturated carbocycles. The molecule has 0 fully saturated rings. The Balaban J connectivity index is 5.23. The molecular weight excluding hydrogens is 324 g/mol. The second-order valence-electron chi connectivity index (χ2n) is 5.24. The van der Waals surface area contributed by atoms with Crippen LogP contribution in [-0.4, -0.2) is 52.6 Å². The van der Waals surface area contributed by atoms with Crippen molar-refractivity contribution in [1.82, 2.24) is 0 Å². The van der Waals surface area contributed by atoms with E-state index in [1.165, 1.54) is 0 Å². The van der Waals surface area contributed by atoms with E-state index in [0.29, 0.717) is 26.4 Å². The van der Waals surface area contributed by atoms with E-state index in [1.807, 2.05) is 53.9 Å². The molecule has 6 nitrogen and oxygen atoms in total. The summed E-state index contributed by atoms with van der Waals surface area (Å²) in [6.07, 6.45) is 0. The van der Waals surface area contributed by atoms with Gasteiger partial charge in [0.05, 0.1) is 0 Å². The molecule has 21 heavy (non-hydrogen) atoms. The summed E-state index contributed by atoms with van der Waals surface area (Å²) in [5.41, 5.74) is 0. The highest BCUT2D eigenvalue weighted by atomic mass is 28.5. The van der Waals surface area contributed by atoms with Crippen molar-refractivity contribution in [2.45, 2.75) is 53.9 Å². The van der Waals surface area contributed by atoms with Crippen molar-refractivity contribution in [3.05, 3.63) is 0 Å². The molecule has 0 saturated heterocycles. The van der Waals surface area contributed by atoms with Gasteiger partial charge in [-0.25, -0.2) is 0 Å². The van der Waals surface area contributed by atoms with E-state index >= 15 is 0 Å². The van der Waals surface area contributed by atoms with Gasteiger partial charge < -0.3 is 25.9 Å². The van der Waals surface area contributed by atoms with Gasteiger partial charge in [0.25, 0.3) is 0 Å². The highest BCUT2D eigenvalue weighted by Gasteiger charge is 2.54. The second kappa shape index (κ2) is 9.53. The van der Waals surface area contributed by atoms with Crippen LogP contribution < -0.4 is 0 Å². The summed E-state index contributed by atoms with van der Waals surface area (Å²) in [7, 11) is -8.03. The van der Waals surface area contributed by atoms with Crippen LogP contribution in [0.5, 0.6) is 0 Å². The molecule has 0 radical (unpaired) electrons. The van der Waals surface area contributed by atoms with Gasteiger partial charge in [-0.15, -0.1) is 0 Å². The second-order valence-corrected chi connectivity index (χ2v) is 14.6. The molecule has 0 aromatic carbocycles. The Morgan fingerprint density at radius 3 is 1.05 bits per heavy atom. The third-order valence-electron chi connectivity index (χ3n) is 2.37. The molecule has 0 atom stereocenters. The van der Waals surface area contributed by atoms with Gasteiger partial charge >= 0.3 is 26.2 Å². The normalized spacial score (nSPS) is 13.7. The van der Waals surface area contributed by atoms with E-state index in [1.54, 1.807) is 0 Å². The summed E-state index contributed by atoms with van der Waals surface area (Å²) in [6.45, 7) is 17.7. The molecule has 128 valence electrons. The predicted molar refractivity (Wildman–Crippen MR) is 89.4 cm³/mol. The fraction of sp³-hybridized carbons (Fsp3) is 1.00. The van der Waals surface area contributed by atoms with Gasteiger partial charge in [-0.3, -0.25) is 0 Å². The third kappa shape index (κ3) is 8.57. The molecule has 0 aromatic rings. The van der Waals surface area contributed by atoms with E-state index in [4.69, 9.17) is 25.9 Å². The highest BCUT2D eigenvalue weighted by molar-refractivity contribution is 6.80. The van der Waals surface area contributed by atoms with Crippen LogP contribution in [0.2, 0.25) is 26.2 Å². The molecule has 0 amide bonds. The van der Waals surface area contributed by atoms with E-state index in [2.05, 4.69) is 0 Å². The van der Waals surface area contributed by atoms with Crippen molar-refractivity contribution in [3.63, 3.8) is 0 Å². The number of hydrogen-bond acceptors (Lipinski definition) is 6. The smallest absolute Gasteiger partial charge is 0.395 e. The van der Waals surface area contributed by atoms with Crippen molar-refractivity contribution < 1.29 is 25.9 Å². The van der Waals surface area contributed by atoms with Crippen molar-refractivity contribution in [2.75, 3.05) is 26.4 Å². The molecule has 0 spiro atoms. The molecule has 0 N–H and O–H groups in total. The minimum absolute atomic E-state index is 0.458. The number of hydrogen-bond donors (Lipinski definition) is 0. The average molecular weight is 357 g/mol. The first kappa shape index (κ1) is 21.4. The maximum absolute atomic E-state index is 6.17. The lowest BCUT2D eigenvalue weighted by Gasteiger charge is -2.38. The van der Waals surface area contributed by atoms with Crippen LogP contribution in [0, 0.1) is 0 Å². The van der Waals surface area contributed by atoms with Gasteiger partial charge in [0.2, 0.25) is 0 Å². The largest absolute Gasteiger partial charge is 0.661 e. The maximum Gasteiger partial charge on any atom is 0.661 e. The average Bonchev–Trinajstić information content (AvgIpc) is 2.27. The fourth-order valence-corrected chi connectivity index (χ4v) is 10.8. The Labute approximate surface area is 133 Å². The zero-order chi connectivity index (χ0) is 16.6. The first-order chi connectivity index (χ1) is 9.66. The molecule has 0 bridgehead atoms. The van der Waals surface area contributed by atoms with Crippen LogP contribution in [0.3, 0.4) is 0 Å². The molecule has 9 heteroatoms. The fourth-order valence-electron chi connectivity index (χ4n) is 1.89. The van der Waals surface area contributed by atoms with Crippen molar-refractivity contribution in [3.8, 4) is 0 Å². The Bertz CT molecular complexity index is 260. The monoisotopic (exact) mass is 356 g/mol. The summed E-state index contributed by atoms with van der Waals surface area (Å²) in [5.74, 6) is 0. The van der Waals surface area contributed by atoms with Gasteiger partial charge in [-0.1, -0.05) is 0 Å². The molecule has 0 unspecified atom stereocenters. The third-order valence-corrected chi connectivity index (χ3v) is 11.6. The molecule has 0 rings (SSSR count). The van der Waals surface area contributed by atoms with Crippen LogP contribution >= 0.6 is 0 Å². The molecule has 0 aliphatic carbocycles. The Kier molecular flexibility index (Phi) is 9.71. The van der Waals surface area contributed by atoms with Gasteiger partial charge in [0.15, 0.2) is 0 Å². The van der Waals surface area contributed by atoms with Crippen LogP contribution in [0.15, 0.2) is 0 Å². The molecular formula is C12H32O6Si3. The standard InChI is InChI=1S/C12H32O6Si3/c1-9-13-19(5,6)17-21(15-11-3,16-12-4)18-20(7,8)14-10-2/h9-12H2,1-8H3. The minimum Gasteiger partial charge on any atom is -0.395 e. The lowest BCUT2D eigenvalue weighted by atomic mass is 10.9. The first-order valence-electron chi connectivity index (χ1n) is 7.62. The Hall–Kier alpha value is 0.411. The zero-order valence-corrected chi connectivity index (χ0v) is 17.8. The van der Waals surface area contributed by atoms with Crippen LogP contribution in [-0.2, 0) is 25.9 Å². The SMILES string of the molecule is CCO[Si](C)(C)O[Si](OCC)(OCC)O[Si](C)(C)OCC. The van der Waals surface area contributed by atoms with E-state index in [9.17, 15) is 0 Å². The van der Waals surface area contributed by atoms with Gasteiger partial charge in [-0.05, 0) is 53.9 Å². The van der Waals surface area contributed by atoms with Crippen LogP contribution in [0.1, 0.15) is 27.7 Å². The van der Waals surface area contributed by atoms with Gasteiger partial charge in [-0.2, -0.15) is 0 Å². The summed E-state index contributed by atoms with van der Waals surface area (Å²) >= 11 is 0. The Morgan fingerprint density at radius 2 is 0.810 bits per heavy atom. The molecule has 0 heterocycles. The Morgan fingerprint density at radius 1 is 0.524 bits per heavy atom. The summed E-state index contributed by atoms with van der Waals surface area (Å²) in [4.78, 5) is 0. The quantitative estimate of drug-likeness (QED) is 0.501. The summed E-state index contributed by atoms with van der Waals surface area (Å²) < 4.78 is 35.5. The van der Waals surface area contributed by atoms with E-state index < -0.39 is 26.2 Å². The first-order valence-corrected chi connectivity index (χ1v) is 14.9. The van der Waals surface area contributed by atoms with E-state index in [-0.39, 0.29) is 0 Å². The minimum atomic E-state index is -3.27. The lowest BCUT2D eigenvalue weighted by molar-refractivity contribution is 0.0224. The van der Waals surface area contributed by atoms with Gasteiger partial charge in [0, 0.05) is 26.4 Å². The lowest BCUT2D eigenvalue weighted by Crippen LogP contribution is -2.61.